The summed E-state index contributed by atoms with van der Waals surface area (Å²) in [5.74, 6) is -0.972. The van der Waals surface area contributed by atoms with Crippen molar-refractivity contribution in [2.45, 2.75) is 26.8 Å². The molecule has 0 spiro atoms. The van der Waals surface area contributed by atoms with Gasteiger partial charge in [0.15, 0.2) is 0 Å². The minimum absolute atomic E-state index is 0.593. The summed E-state index contributed by atoms with van der Waals surface area (Å²) in [4.78, 5) is 10.7. The number of hydrogen-bond acceptors (Lipinski definition) is 1. The van der Waals surface area contributed by atoms with E-state index in [2.05, 4.69) is 13.0 Å². The van der Waals surface area contributed by atoms with Gasteiger partial charge in [0.25, 0.3) is 0 Å². The minimum Gasteiger partial charge on any atom is -0.478 e. The second kappa shape index (κ2) is 5.49. The molecule has 100 valence electrons. The van der Waals surface area contributed by atoms with Crippen LogP contribution in [-0.2, 0) is 17.8 Å². The van der Waals surface area contributed by atoms with Gasteiger partial charge in [-0.15, -0.1) is 0 Å². The van der Waals surface area contributed by atoms with E-state index in [0.717, 1.165) is 35.5 Å². The van der Waals surface area contributed by atoms with Gasteiger partial charge < -0.3 is 9.67 Å². The van der Waals surface area contributed by atoms with Crippen LogP contribution in [0.4, 0.5) is 0 Å². The molecule has 19 heavy (non-hydrogen) atoms. The van der Waals surface area contributed by atoms with Crippen molar-refractivity contribution in [1.29, 1.82) is 0 Å². The Morgan fingerprint density at radius 3 is 2.74 bits per heavy atom. The van der Waals surface area contributed by atoms with E-state index in [9.17, 15) is 4.79 Å². The number of aryl methyl sites for hydroxylation is 2. The molecule has 1 heterocycles. The molecule has 0 unspecified atom stereocenters. The fourth-order valence-corrected chi connectivity index (χ4v) is 2.75. The summed E-state index contributed by atoms with van der Waals surface area (Å²) >= 11 is 6.38. The number of rotatable bonds is 4. The maximum atomic E-state index is 10.7. The number of halogens is 1. The maximum absolute atomic E-state index is 10.7. The Hall–Kier alpha value is -1.74. The third-order valence-corrected chi connectivity index (χ3v) is 3.64. The SMILES string of the molecule is CCc1cccc2c(/C=C/C(=O)O)c(Cl)n(CC)c12. The summed E-state index contributed by atoms with van der Waals surface area (Å²) in [7, 11) is 0. The highest BCUT2D eigenvalue weighted by molar-refractivity contribution is 6.33. The van der Waals surface area contributed by atoms with E-state index in [1.807, 2.05) is 23.6 Å². The van der Waals surface area contributed by atoms with Crippen molar-refractivity contribution in [2.24, 2.45) is 0 Å². The molecule has 0 saturated carbocycles. The summed E-state index contributed by atoms with van der Waals surface area (Å²) in [5, 5.41) is 10.4. The Morgan fingerprint density at radius 2 is 2.16 bits per heavy atom. The molecule has 2 aromatic rings. The molecule has 0 atom stereocenters. The molecule has 0 fully saturated rings. The van der Waals surface area contributed by atoms with Crippen molar-refractivity contribution in [3.63, 3.8) is 0 Å². The van der Waals surface area contributed by atoms with Crippen molar-refractivity contribution < 1.29 is 9.90 Å². The number of para-hydroxylation sites is 1. The van der Waals surface area contributed by atoms with Crippen LogP contribution in [0.15, 0.2) is 24.3 Å². The molecule has 2 rings (SSSR count). The van der Waals surface area contributed by atoms with Crippen LogP contribution in [0.2, 0.25) is 5.15 Å². The van der Waals surface area contributed by atoms with Crippen LogP contribution >= 0.6 is 11.6 Å². The standard InChI is InChI=1S/C15H16ClNO2/c1-3-10-6-5-7-11-12(8-9-13(18)19)15(16)17(4-2)14(10)11/h5-9H,3-4H2,1-2H3,(H,18,19)/b9-8+. The summed E-state index contributed by atoms with van der Waals surface area (Å²) in [6.07, 6.45) is 3.61. The quantitative estimate of drug-likeness (QED) is 0.859. The fourth-order valence-electron chi connectivity index (χ4n) is 2.38. The minimum atomic E-state index is -0.972. The molecule has 0 radical (unpaired) electrons. The van der Waals surface area contributed by atoms with Gasteiger partial charge in [0.05, 0.1) is 5.52 Å². The average Bonchev–Trinajstić information content (AvgIpc) is 2.67. The number of fused-ring (bicyclic) bond motifs is 1. The highest BCUT2D eigenvalue weighted by atomic mass is 35.5. The van der Waals surface area contributed by atoms with Crippen molar-refractivity contribution in [3.8, 4) is 0 Å². The van der Waals surface area contributed by atoms with E-state index >= 15 is 0 Å². The van der Waals surface area contributed by atoms with Gasteiger partial charge in [-0.2, -0.15) is 0 Å². The van der Waals surface area contributed by atoms with Crippen molar-refractivity contribution in [3.05, 3.63) is 40.6 Å². The van der Waals surface area contributed by atoms with Gasteiger partial charge in [-0.1, -0.05) is 36.7 Å². The van der Waals surface area contributed by atoms with Crippen LogP contribution < -0.4 is 0 Å². The van der Waals surface area contributed by atoms with Gasteiger partial charge in [-0.25, -0.2) is 4.79 Å². The number of carbonyl (C=O) groups is 1. The summed E-state index contributed by atoms with van der Waals surface area (Å²) < 4.78 is 2.03. The van der Waals surface area contributed by atoms with Gasteiger partial charge >= 0.3 is 5.97 Å². The summed E-state index contributed by atoms with van der Waals surface area (Å²) in [6.45, 7) is 4.89. The van der Waals surface area contributed by atoms with E-state index in [-0.39, 0.29) is 0 Å². The monoisotopic (exact) mass is 277 g/mol. The van der Waals surface area contributed by atoms with Gasteiger partial charge in [0, 0.05) is 23.6 Å². The molecule has 0 saturated heterocycles. The molecule has 1 N–H and O–H groups in total. The second-order valence-corrected chi connectivity index (χ2v) is 4.65. The van der Waals surface area contributed by atoms with Gasteiger partial charge in [-0.05, 0) is 25.0 Å². The number of benzene rings is 1. The highest BCUT2D eigenvalue weighted by Gasteiger charge is 2.15. The van der Waals surface area contributed by atoms with Crippen LogP contribution in [0.1, 0.15) is 25.0 Å². The van der Waals surface area contributed by atoms with Crippen molar-refractivity contribution in [1.82, 2.24) is 4.57 Å². The van der Waals surface area contributed by atoms with Crippen molar-refractivity contribution in [2.75, 3.05) is 0 Å². The average molecular weight is 278 g/mol. The first-order chi connectivity index (χ1) is 9.10. The third-order valence-electron chi connectivity index (χ3n) is 3.23. The lowest BCUT2D eigenvalue weighted by Gasteiger charge is -2.06. The first-order valence-electron chi connectivity index (χ1n) is 6.30. The lowest BCUT2D eigenvalue weighted by Crippen LogP contribution is -1.96. The van der Waals surface area contributed by atoms with Crippen molar-refractivity contribution >= 4 is 34.5 Å². The predicted molar refractivity (Wildman–Crippen MR) is 78.7 cm³/mol. The summed E-state index contributed by atoms with van der Waals surface area (Å²) in [6, 6.07) is 6.04. The molecular weight excluding hydrogens is 262 g/mol. The first-order valence-corrected chi connectivity index (χ1v) is 6.68. The first kappa shape index (κ1) is 13.7. The molecule has 0 aliphatic heterocycles. The Morgan fingerprint density at radius 1 is 1.42 bits per heavy atom. The Kier molecular flexibility index (Phi) is 3.96. The highest BCUT2D eigenvalue weighted by Crippen LogP contribution is 2.33. The summed E-state index contributed by atoms with van der Waals surface area (Å²) in [5.41, 5.74) is 3.09. The number of carboxylic acid groups (broad SMARTS) is 1. The van der Waals surface area contributed by atoms with E-state index in [0.29, 0.717) is 5.15 Å². The van der Waals surface area contributed by atoms with Gasteiger partial charge in [0.1, 0.15) is 5.15 Å². The zero-order valence-electron chi connectivity index (χ0n) is 11.0. The van der Waals surface area contributed by atoms with Crippen LogP contribution in [0.5, 0.6) is 0 Å². The Labute approximate surface area is 117 Å². The molecule has 1 aromatic carbocycles. The zero-order valence-corrected chi connectivity index (χ0v) is 11.7. The van der Waals surface area contributed by atoms with Gasteiger partial charge in [-0.3, -0.25) is 0 Å². The van der Waals surface area contributed by atoms with E-state index in [1.54, 1.807) is 6.08 Å². The molecule has 0 bridgehead atoms. The molecule has 3 nitrogen and oxygen atoms in total. The van der Waals surface area contributed by atoms with Gasteiger partial charge in [0.2, 0.25) is 0 Å². The lowest BCUT2D eigenvalue weighted by atomic mass is 10.1. The molecular formula is C15H16ClNO2. The van der Waals surface area contributed by atoms with Crippen LogP contribution in [-0.4, -0.2) is 15.6 Å². The molecule has 0 aliphatic rings. The Balaban J connectivity index is 2.78. The lowest BCUT2D eigenvalue weighted by molar-refractivity contribution is -0.131. The molecule has 0 aliphatic carbocycles. The van der Waals surface area contributed by atoms with Crippen LogP contribution in [0.3, 0.4) is 0 Å². The van der Waals surface area contributed by atoms with E-state index < -0.39 is 5.97 Å². The third kappa shape index (κ3) is 2.38. The zero-order chi connectivity index (χ0) is 14.0. The predicted octanol–water partition coefficient (Wildman–Crippen LogP) is 3.97. The van der Waals surface area contributed by atoms with E-state index in [4.69, 9.17) is 16.7 Å². The Bertz CT molecular complexity index is 656. The molecule has 1 aromatic heterocycles. The topological polar surface area (TPSA) is 42.2 Å². The normalized spacial score (nSPS) is 11.5. The number of hydrogen-bond donors (Lipinski definition) is 1. The molecule has 4 heteroatoms. The number of carboxylic acids is 1. The maximum Gasteiger partial charge on any atom is 0.328 e. The van der Waals surface area contributed by atoms with Crippen LogP contribution in [0.25, 0.3) is 17.0 Å². The van der Waals surface area contributed by atoms with Crippen LogP contribution in [0, 0.1) is 0 Å². The number of aromatic nitrogens is 1. The number of nitrogens with zero attached hydrogens (tertiary/aromatic N) is 1. The number of aliphatic carboxylic acids is 1. The fraction of sp³-hybridized carbons (Fsp3) is 0.267. The largest absolute Gasteiger partial charge is 0.478 e. The molecule has 0 amide bonds. The smallest absolute Gasteiger partial charge is 0.328 e. The van der Waals surface area contributed by atoms with E-state index in [1.165, 1.54) is 5.56 Å². The second-order valence-electron chi connectivity index (χ2n) is 4.29.